The van der Waals surface area contributed by atoms with Crippen LogP contribution in [-0.2, 0) is 16.6 Å². The van der Waals surface area contributed by atoms with Crippen molar-refractivity contribution in [2.75, 3.05) is 24.5 Å². The van der Waals surface area contributed by atoms with Crippen molar-refractivity contribution in [3.8, 4) is 17.1 Å². The molecule has 3 N–H and O–H groups in total. The van der Waals surface area contributed by atoms with Crippen LogP contribution < -0.4 is 20.7 Å². The van der Waals surface area contributed by atoms with Crippen LogP contribution in [0.3, 0.4) is 0 Å². The fourth-order valence-corrected chi connectivity index (χ4v) is 3.97. The second-order valence-electron chi connectivity index (χ2n) is 10.2. The third-order valence-electron chi connectivity index (χ3n) is 6.08. The number of para-hydroxylation sites is 1. The highest BCUT2D eigenvalue weighted by Crippen LogP contribution is 2.38. The lowest BCUT2D eigenvalue weighted by atomic mass is 10.1. The van der Waals surface area contributed by atoms with Gasteiger partial charge in [-0.05, 0) is 39.3 Å². The van der Waals surface area contributed by atoms with Crippen LogP contribution in [0.25, 0.3) is 11.4 Å². The van der Waals surface area contributed by atoms with Crippen LogP contribution in [0.1, 0.15) is 50.9 Å². The van der Waals surface area contributed by atoms with Gasteiger partial charge in [-0.1, -0.05) is 13.0 Å². The fraction of sp³-hybridized carbons (Fsp3) is 0.444. The predicted molar refractivity (Wildman–Crippen MR) is 144 cm³/mol. The number of hydrogen-bond donors (Lipinski definition) is 3. The Labute approximate surface area is 222 Å². The molecule has 1 fully saturated rings. The minimum absolute atomic E-state index is 0.0584. The Kier molecular flexibility index (Phi) is 8.08. The largest absolute Gasteiger partial charge is 0.494 e. The molecule has 1 aliphatic carbocycles. The van der Waals surface area contributed by atoms with Gasteiger partial charge < -0.3 is 20.1 Å². The average Bonchev–Trinajstić information content (AvgIpc) is 3.52. The first-order valence-electron chi connectivity index (χ1n) is 12.6. The zero-order chi connectivity index (χ0) is 27.4. The van der Waals surface area contributed by atoms with Gasteiger partial charge in [-0.3, -0.25) is 19.6 Å². The van der Waals surface area contributed by atoms with Crippen molar-refractivity contribution < 1.29 is 19.1 Å². The van der Waals surface area contributed by atoms with E-state index < -0.39 is 0 Å². The first-order chi connectivity index (χ1) is 18.1. The number of amides is 1. The predicted octanol–water partition coefficient (Wildman–Crippen LogP) is 3.91. The van der Waals surface area contributed by atoms with E-state index in [1.165, 1.54) is 6.20 Å². The van der Waals surface area contributed by atoms with Gasteiger partial charge in [0.05, 0.1) is 47.9 Å². The number of carbonyl (C=O) groups is 2. The summed E-state index contributed by atoms with van der Waals surface area (Å²) < 4.78 is 13.0. The van der Waals surface area contributed by atoms with Crippen LogP contribution >= 0.6 is 0 Å². The molecule has 0 saturated heterocycles. The minimum atomic E-state index is -0.249. The van der Waals surface area contributed by atoms with Crippen molar-refractivity contribution in [1.29, 1.82) is 0 Å². The fourth-order valence-electron chi connectivity index (χ4n) is 3.97. The number of Topliss-reactive ketones (excluding diaryl/α,β-unsaturated/α-hetero) is 1. The number of methoxy groups -OCH3 is 1. The first kappa shape index (κ1) is 27.2. The third-order valence-corrected chi connectivity index (χ3v) is 6.08. The Hall–Kier alpha value is -3.83. The molecular formula is C27H35N7O4. The molecule has 0 spiro atoms. The maximum absolute atomic E-state index is 12.8. The van der Waals surface area contributed by atoms with E-state index >= 15 is 0 Å². The van der Waals surface area contributed by atoms with E-state index in [1.807, 2.05) is 39.0 Å². The van der Waals surface area contributed by atoms with Gasteiger partial charge in [-0.15, -0.1) is 0 Å². The maximum Gasteiger partial charge on any atom is 0.230 e. The molecule has 38 heavy (non-hydrogen) atoms. The lowest BCUT2D eigenvalue weighted by Gasteiger charge is -2.19. The Balaban J connectivity index is 1.53. The molecule has 2 atom stereocenters. The normalized spacial score (nSPS) is 16.7. The number of rotatable bonds is 11. The first-order valence-corrected chi connectivity index (χ1v) is 12.6. The van der Waals surface area contributed by atoms with Crippen molar-refractivity contribution in [3.63, 3.8) is 0 Å². The molecule has 3 aromatic rings. The van der Waals surface area contributed by atoms with Crippen LogP contribution in [0.5, 0.6) is 5.75 Å². The zero-order valence-corrected chi connectivity index (χ0v) is 22.7. The summed E-state index contributed by atoms with van der Waals surface area (Å²) in [7, 11) is 3.36. The van der Waals surface area contributed by atoms with E-state index in [1.54, 1.807) is 38.2 Å². The van der Waals surface area contributed by atoms with E-state index in [2.05, 4.69) is 31.0 Å². The number of nitrogens with zero attached hydrogens (tertiary/aromatic N) is 4. The SMILES string of the molecule is CCC(=O)c1cnc(NC(=O)[C@@H]2C[C@@H]2NCOC(C)(C)C)cc1Nc1cccc(-c2ncn(C)n2)c1OC. The molecule has 11 heteroatoms. The molecule has 2 heterocycles. The molecule has 0 unspecified atom stereocenters. The molecule has 1 saturated carbocycles. The lowest BCUT2D eigenvalue weighted by Crippen LogP contribution is -2.31. The quantitative estimate of drug-likeness (QED) is 0.254. The highest BCUT2D eigenvalue weighted by molar-refractivity contribution is 6.03. The molecule has 0 aliphatic heterocycles. The molecule has 202 valence electrons. The monoisotopic (exact) mass is 521 g/mol. The van der Waals surface area contributed by atoms with Gasteiger partial charge in [0.25, 0.3) is 0 Å². The highest BCUT2D eigenvalue weighted by atomic mass is 16.5. The summed E-state index contributed by atoms with van der Waals surface area (Å²) in [5.74, 6) is 1.01. The number of aryl methyl sites for hydroxylation is 1. The van der Waals surface area contributed by atoms with Crippen molar-refractivity contribution >= 4 is 28.9 Å². The number of benzene rings is 1. The number of aromatic nitrogens is 4. The maximum atomic E-state index is 12.8. The van der Waals surface area contributed by atoms with Gasteiger partial charge in [-0.2, -0.15) is 5.10 Å². The Morgan fingerprint density at radius 2 is 1.97 bits per heavy atom. The summed E-state index contributed by atoms with van der Waals surface area (Å²) in [4.78, 5) is 34.2. The minimum Gasteiger partial charge on any atom is -0.494 e. The molecule has 4 rings (SSSR count). The van der Waals surface area contributed by atoms with Gasteiger partial charge in [0, 0.05) is 31.8 Å². The molecular weight excluding hydrogens is 486 g/mol. The standard InChI is InChI=1S/C27H35N7O4/c1-7-22(35)18-13-28-23(32-26(36)17-11-20(17)30-15-38-27(2,3)4)12-21(18)31-19-10-8-9-16(24(19)37-6)25-29-14-34(5)33-25/h8-10,12-14,17,20,30H,7,11,15H2,1-6H3,(H2,28,31,32,36)/t17-,20+/m1/s1. The smallest absolute Gasteiger partial charge is 0.230 e. The number of pyridine rings is 1. The molecule has 0 radical (unpaired) electrons. The van der Waals surface area contributed by atoms with Crippen molar-refractivity contribution in [1.82, 2.24) is 25.1 Å². The lowest BCUT2D eigenvalue weighted by molar-refractivity contribution is -0.117. The third kappa shape index (κ3) is 6.53. The van der Waals surface area contributed by atoms with E-state index in [4.69, 9.17) is 9.47 Å². The molecule has 1 aromatic carbocycles. The number of ether oxygens (including phenoxy) is 2. The Morgan fingerprint density at radius 3 is 2.63 bits per heavy atom. The van der Waals surface area contributed by atoms with E-state index in [0.29, 0.717) is 53.0 Å². The number of carbonyl (C=O) groups excluding carboxylic acids is 2. The topological polar surface area (TPSA) is 132 Å². The van der Waals surface area contributed by atoms with Crippen molar-refractivity contribution in [2.45, 2.75) is 52.2 Å². The number of anilines is 3. The van der Waals surface area contributed by atoms with Crippen LogP contribution in [-0.4, -0.2) is 56.9 Å². The second-order valence-corrected chi connectivity index (χ2v) is 10.2. The van der Waals surface area contributed by atoms with Crippen LogP contribution in [0.2, 0.25) is 0 Å². The second kappa shape index (κ2) is 11.3. The Morgan fingerprint density at radius 1 is 1.18 bits per heavy atom. The summed E-state index contributed by atoms with van der Waals surface area (Å²) in [6.45, 7) is 8.12. The summed E-state index contributed by atoms with van der Waals surface area (Å²) in [6.07, 6.45) is 4.13. The van der Waals surface area contributed by atoms with E-state index in [-0.39, 0.29) is 29.3 Å². The zero-order valence-electron chi connectivity index (χ0n) is 22.7. The van der Waals surface area contributed by atoms with Crippen molar-refractivity contribution in [3.05, 3.63) is 42.4 Å². The Bertz CT molecular complexity index is 1310. The van der Waals surface area contributed by atoms with E-state index in [9.17, 15) is 9.59 Å². The molecule has 0 bridgehead atoms. The van der Waals surface area contributed by atoms with Gasteiger partial charge in [0.15, 0.2) is 17.4 Å². The molecule has 1 aliphatic rings. The van der Waals surface area contributed by atoms with Crippen LogP contribution in [0.15, 0.2) is 36.8 Å². The van der Waals surface area contributed by atoms with Gasteiger partial charge in [0.1, 0.15) is 12.1 Å². The van der Waals surface area contributed by atoms with Crippen LogP contribution in [0.4, 0.5) is 17.2 Å². The summed E-state index contributed by atoms with van der Waals surface area (Å²) in [5.41, 5.74) is 2.00. The number of ketones is 1. The number of nitrogens with one attached hydrogen (secondary N) is 3. The highest BCUT2D eigenvalue weighted by Gasteiger charge is 2.43. The van der Waals surface area contributed by atoms with E-state index in [0.717, 1.165) is 6.42 Å². The van der Waals surface area contributed by atoms with Gasteiger partial charge in [-0.25, -0.2) is 9.97 Å². The number of hydrogen-bond acceptors (Lipinski definition) is 9. The molecule has 11 nitrogen and oxygen atoms in total. The van der Waals surface area contributed by atoms with Gasteiger partial charge in [0.2, 0.25) is 5.91 Å². The molecule has 2 aromatic heterocycles. The summed E-state index contributed by atoms with van der Waals surface area (Å²) in [6, 6.07) is 7.28. The van der Waals surface area contributed by atoms with Crippen LogP contribution in [0, 0.1) is 5.92 Å². The molecule has 1 amide bonds. The summed E-state index contributed by atoms with van der Waals surface area (Å²) >= 11 is 0. The summed E-state index contributed by atoms with van der Waals surface area (Å²) in [5, 5.41) is 13.8. The van der Waals surface area contributed by atoms with Gasteiger partial charge >= 0.3 is 0 Å². The van der Waals surface area contributed by atoms with Crippen molar-refractivity contribution in [2.24, 2.45) is 13.0 Å². The average molecular weight is 522 g/mol.